The van der Waals surface area contributed by atoms with Crippen molar-refractivity contribution in [1.29, 1.82) is 0 Å². The maximum absolute atomic E-state index is 12.2. The Morgan fingerprint density at radius 3 is 3.12 bits per heavy atom. The Bertz CT molecular complexity index is 723. The van der Waals surface area contributed by atoms with Crippen molar-refractivity contribution in [1.82, 2.24) is 25.0 Å². The van der Waals surface area contributed by atoms with Gasteiger partial charge in [-0.05, 0) is 43.0 Å². The number of rotatable bonds is 10. The highest BCUT2D eigenvalue weighted by atomic mass is 16.2. The van der Waals surface area contributed by atoms with Gasteiger partial charge >= 0.3 is 0 Å². The number of nitrogens with zero attached hydrogens (tertiary/aromatic N) is 5. The topological polar surface area (TPSA) is 75.4 Å². The highest BCUT2D eigenvalue weighted by Gasteiger charge is 2.18. The third-order valence-corrected chi connectivity index (χ3v) is 4.27. The molecule has 7 heteroatoms. The molecule has 2 heterocycles. The van der Waals surface area contributed by atoms with E-state index in [1.807, 2.05) is 42.3 Å². The SMILES string of the molecule is CN(CCCn1cccn1)C(=O)CNCc1cc(C=NC2CC2)ccn1. The van der Waals surface area contributed by atoms with Crippen LogP contribution in [0.2, 0.25) is 0 Å². The van der Waals surface area contributed by atoms with Crippen molar-refractivity contribution >= 4 is 12.1 Å². The summed E-state index contributed by atoms with van der Waals surface area (Å²) in [7, 11) is 1.83. The molecule has 0 bridgehead atoms. The zero-order valence-corrected chi connectivity index (χ0v) is 15.2. The fourth-order valence-electron chi connectivity index (χ4n) is 2.55. The number of pyridine rings is 1. The molecule has 1 amide bonds. The standard InChI is InChI=1S/C19H26N6O/c1-24(9-3-11-25-10-2-7-23-25)19(26)15-20-14-18-12-16(6-8-21-18)13-22-17-4-5-17/h2,6-8,10,12-13,17,20H,3-5,9,11,14-15H2,1H3. The van der Waals surface area contributed by atoms with E-state index in [1.54, 1.807) is 17.3 Å². The number of hydrogen-bond donors (Lipinski definition) is 1. The summed E-state index contributed by atoms with van der Waals surface area (Å²) in [5.41, 5.74) is 1.98. The fourth-order valence-corrected chi connectivity index (χ4v) is 2.55. The molecule has 1 aliphatic rings. The van der Waals surface area contributed by atoms with Crippen LogP contribution in [0.4, 0.5) is 0 Å². The predicted molar refractivity (Wildman–Crippen MR) is 101 cm³/mol. The minimum absolute atomic E-state index is 0.0805. The summed E-state index contributed by atoms with van der Waals surface area (Å²) < 4.78 is 1.88. The van der Waals surface area contributed by atoms with Gasteiger partial charge in [0, 0.05) is 51.5 Å². The molecule has 0 unspecified atom stereocenters. The van der Waals surface area contributed by atoms with Gasteiger partial charge in [-0.1, -0.05) is 0 Å². The molecule has 2 aromatic heterocycles. The Morgan fingerprint density at radius 1 is 1.46 bits per heavy atom. The van der Waals surface area contributed by atoms with Crippen molar-refractivity contribution in [2.24, 2.45) is 4.99 Å². The third-order valence-electron chi connectivity index (χ3n) is 4.27. The number of nitrogens with one attached hydrogen (secondary N) is 1. The van der Waals surface area contributed by atoms with Gasteiger partial charge in [0.15, 0.2) is 0 Å². The monoisotopic (exact) mass is 354 g/mol. The second kappa shape index (κ2) is 9.24. The molecule has 26 heavy (non-hydrogen) atoms. The highest BCUT2D eigenvalue weighted by molar-refractivity contribution is 5.80. The van der Waals surface area contributed by atoms with Gasteiger partial charge in [-0.2, -0.15) is 5.10 Å². The van der Waals surface area contributed by atoms with Crippen LogP contribution in [0, 0.1) is 0 Å². The lowest BCUT2D eigenvalue weighted by Crippen LogP contribution is -2.36. The van der Waals surface area contributed by atoms with Gasteiger partial charge in [-0.25, -0.2) is 0 Å². The van der Waals surface area contributed by atoms with Crippen molar-refractivity contribution in [3.05, 3.63) is 48.0 Å². The third kappa shape index (κ3) is 6.07. The van der Waals surface area contributed by atoms with Crippen molar-refractivity contribution in [2.75, 3.05) is 20.1 Å². The van der Waals surface area contributed by atoms with Crippen LogP contribution in [0.25, 0.3) is 0 Å². The number of hydrogen-bond acceptors (Lipinski definition) is 5. The number of aromatic nitrogens is 3. The second-order valence-corrected chi connectivity index (χ2v) is 6.63. The molecule has 1 aliphatic carbocycles. The van der Waals surface area contributed by atoms with E-state index >= 15 is 0 Å². The number of aryl methyl sites for hydroxylation is 1. The van der Waals surface area contributed by atoms with Gasteiger partial charge < -0.3 is 10.2 Å². The average molecular weight is 354 g/mol. The molecule has 0 atom stereocenters. The van der Waals surface area contributed by atoms with Crippen LogP contribution < -0.4 is 5.32 Å². The molecule has 138 valence electrons. The molecule has 0 aliphatic heterocycles. The van der Waals surface area contributed by atoms with E-state index in [1.165, 1.54) is 12.8 Å². The molecule has 1 fully saturated rings. The van der Waals surface area contributed by atoms with Crippen LogP contribution in [-0.2, 0) is 17.9 Å². The van der Waals surface area contributed by atoms with Crippen LogP contribution in [0.15, 0.2) is 41.8 Å². The zero-order chi connectivity index (χ0) is 18.2. The van der Waals surface area contributed by atoms with Crippen LogP contribution in [-0.4, -0.2) is 58.0 Å². The maximum atomic E-state index is 12.2. The normalized spacial score (nSPS) is 14.0. The zero-order valence-electron chi connectivity index (χ0n) is 15.2. The molecular formula is C19H26N6O. The molecule has 3 rings (SSSR count). The number of aliphatic imine (C=N–C) groups is 1. The second-order valence-electron chi connectivity index (χ2n) is 6.63. The fraction of sp³-hybridized carbons (Fsp3) is 0.474. The van der Waals surface area contributed by atoms with Crippen molar-refractivity contribution in [3.63, 3.8) is 0 Å². The van der Waals surface area contributed by atoms with E-state index in [4.69, 9.17) is 0 Å². The molecule has 1 saturated carbocycles. The minimum atomic E-state index is 0.0805. The largest absolute Gasteiger partial charge is 0.345 e. The van der Waals surface area contributed by atoms with Gasteiger partial charge in [-0.3, -0.25) is 19.5 Å². The van der Waals surface area contributed by atoms with Crippen LogP contribution in [0.1, 0.15) is 30.5 Å². The van der Waals surface area contributed by atoms with E-state index in [2.05, 4.69) is 20.4 Å². The molecule has 7 nitrogen and oxygen atoms in total. The molecule has 0 spiro atoms. The Labute approximate surface area is 154 Å². The lowest BCUT2D eigenvalue weighted by atomic mass is 10.2. The molecule has 0 radical (unpaired) electrons. The number of amides is 1. The number of likely N-dealkylation sites (N-methyl/N-ethyl adjacent to an activating group) is 1. The number of carbonyl (C=O) groups is 1. The van der Waals surface area contributed by atoms with Gasteiger partial charge in [0.05, 0.1) is 18.3 Å². The lowest BCUT2D eigenvalue weighted by Gasteiger charge is -2.17. The van der Waals surface area contributed by atoms with Crippen LogP contribution >= 0.6 is 0 Å². The molecule has 2 aromatic rings. The Hall–Kier alpha value is -2.54. The van der Waals surface area contributed by atoms with E-state index in [-0.39, 0.29) is 5.91 Å². The first kappa shape index (κ1) is 18.3. The van der Waals surface area contributed by atoms with E-state index in [0.717, 1.165) is 24.2 Å². The summed E-state index contributed by atoms with van der Waals surface area (Å²) in [6.07, 6.45) is 10.7. The molecular weight excluding hydrogens is 328 g/mol. The summed E-state index contributed by atoms with van der Waals surface area (Å²) in [6.45, 7) is 2.40. The summed E-state index contributed by atoms with van der Waals surface area (Å²) in [4.78, 5) is 22.8. The Balaban J connectivity index is 1.35. The average Bonchev–Trinajstić information content (AvgIpc) is 3.34. The van der Waals surface area contributed by atoms with Crippen LogP contribution in [0.3, 0.4) is 0 Å². The summed E-state index contributed by atoms with van der Waals surface area (Å²) in [6, 6.07) is 6.39. The van der Waals surface area contributed by atoms with Crippen molar-refractivity contribution < 1.29 is 4.79 Å². The van der Waals surface area contributed by atoms with E-state index < -0.39 is 0 Å². The minimum Gasteiger partial charge on any atom is -0.345 e. The Kier molecular flexibility index (Phi) is 6.49. The van der Waals surface area contributed by atoms with Gasteiger partial charge in [-0.15, -0.1) is 0 Å². The first-order valence-electron chi connectivity index (χ1n) is 9.11. The summed E-state index contributed by atoms with van der Waals surface area (Å²) in [5, 5.41) is 7.33. The quantitative estimate of drug-likeness (QED) is 0.656. The summed E-state index contributed by atoms with van der Waals surface area (Å²) in [5.74, 6) is 0.0805. The molecule has 1 N–H and O–H groups in total. The predicted octanol–water partition coefficient (Wildman–Crippen LogP) is 1.50. The first-order chi connectivity index (χ1) is 12.7. The lowest BCUT2D eigenvalue weighted by molar-refractivity contribution is -0.129. The number of carbonyl (C=O) groups excluding carboxylic acids is 1. The Morgan fingerprint density at radius 2 is 2.35 bits per heavy atom. The molecule has 0 aromatic carbocycles. The molecule has 0 saturated heterocycles. The van der Waals surface area contributed by atoms with E-state index in [0.29, 0.717) is 25.7 Å². The van der Waals surface area contributed by atoms with Crippen molar-refractivity contribution in [3.8, 4) is 0 Å². The van der Waals surface area contributed by atoms with Gasteiger partial charge in [0.25, 0.3) is 0 Å². The highest BCUT2D eigenvalue weighted by Crippen LogP contribution is 2.23. The van der Waals surface area contributed by atoms with Gasteiger partial charge in [0.2, 0.25) is 5.91 Å². The van der Waals surface area contributed by atoms with Gasteiger partial charge in [0.1, 0.15) is 0 Å². The first-order valence-corrected chi connectivity index (χ1v) is 9.11. The van der Waals surface area contributed by atoms with E-state index in [9.17, 15) is 4.79 Å². The van der Waals surface area contributed by atoms with Crippen LogP contribution in [0.5, 0.6) is 0 Å². The maximum Gasteiger partial charge on any atom is 0.236 e. The van der Waals surface area contributed by atoms with Crippen molar-refractivity contribution in [2.45, 2.75) is 38.4 Å². The smallest absolute Gasteiger partial charge is 0.236 e. The summed E-state index contributed by atoms with van der Waals surface area (Å²) >= 11 is 0.